The van der Waals surface area contributed by atoms with Gasteiger partial charge in [-0.2, -0.15) is 0 Å². The highest BCUT2D eigenvalue weighted by molar-refractivity contribution is 5.69. The van der Waals surface area contributed by atoms with Crippen molar-refractivity contribution in [3.8, 4) is 0 Å². The van der Waals surface area contributed by atoms with Crippen molar-refractivity contribution >= 4 is 5.97 Å². The van der Waals surface area contributed by atoms with Crippen molar-refractivity contribution in [3.63, 3.8) is 0 Å². The third-order valence-electron chi connectivity index (χ3n) is 2.78. The maximum atomic E-state index is 11.6. The minimum Gasteiger partial charge on any atom is -0.460 e. The lowest BCUT2D eigenvalue weighted by molar-refractivity contribution is -0.150. The highest BCUT2D eigenvalue weighted by Crippen LogP contribution is 2.16. The van der Waals surface area contributed by atoms with E-state index in [1.54, 1.807) is 0 Å². The lowest BCUT2D eigenvalue weighted by Gasteiger charge is -2.17. The molecule has 1 heterocycles. The van der Waals surface area contributed by atoms with Crippen molar-refractivity contribution in [1.82, 2.24) is 0 Å². The van der Waals surface area contributed by atoms with Gasteiger partial charge in [-0.1, -0.05) is 13.8 Å². The Bertz CT molecular complexity index is 212. The first-order valence-electron chi connectivity index (χ1n) is 6.09. The monoisotopic (exact) mass is 229 g/mol. The summed E-state index contributed by atoms with van der Waals surface area (Å²) in [5.41, 5.74) is 5.65. The summed E-state index contributed by atoms with van der Waals surface area (Å²) in [5, 5.41) is 0. The van der Waals surface area contributed by atoms with Crippen LogP contribution in [0.1, 0.15) is 33.1 Å². The fourth-order valence-corrected chi connectivity index (χ4v) is 2.01. The molecule has 0 amide bonds. The molecule has 0 aromatic carbocycles. The van der Waals surface area contributed by atoms with Gasteiger partial charge in [-0.3, -0.25) is 4.79 Å². The van der Waals surface area contributed by atoms with Gasteiger partial charge in [-0.15, -0.1) is 0 Å². The molecule has 0 radical (unpaired) electrons. The van der Waals surface area contributed by atoms with Crippen LogP contribution in [0.5, 0.6) is 0 Å². The second-order valence-electron chi connectivity index (χ2n) is 4.91. The second-order valence-corrected chi connectivity index (χ2v) is 4.91. The van der Waals surface area contributed by atoms with Crippen LogP contribution in [0.4, 0.5) is 0 Å². The van der Waals surface area contributed by atoms with Crippen molar-refractivity contribution < 1.29 is 14.3 Å². The molecule has 1 aliphatic heterocycles. The predicted octanol–water partition coefficient (Wildman–Crippen LogP) is 1.33. The van der Waals surface area contributed by atoms with E-state index in [4.69, 9.17) is 15.2 Å². The van der Waals surface area contributed by atoms with Crippen LogP contribution >= 0.6 is 0 Å². The van der Waals surface area contributed by atoms with Crippen LogP contribution in [0.25, 0.3) is 0 Å². The molecule has 0 aromatic heterocycles. The third kappa shape index (κ3) is 4.94. The number of esters is 1. The number of carbonyl (C=O) groups is 1. The van der Waals surface area contributed by atoms with Crippen LogP contribution in [0.2, 0.25) is 0 Å². The first-order valence-corrected chi connectivity index (χ1v) is 6.09. The maximum Gasteiger partial charge on any atom is 0.306 e. The molecule has 2 N–H and O–H groups in total. The van der Waals surface area contributed by atoms with Crippen LogP contribution in [0, 0.1) is 11.8 Å². The normalized spacial score (nSPS) is 22.4. The number of nitrogens with two attached hydrogens (primary N) is 1. The SMILES string of the molecule is CC(C)C[C@H](CN)CC(=O)O[C@@H]1CCOC1. The molecule has 1 rings (SSSR count). The van der Waals surface area contributed by atoms with E-state index in [9.17, 15) is 4.79 Å². The Kier molecular flexibility index (Phi) is 5.77. The highest BCUT2D eigenvalue weighted by atomic mass is 16.6. The van der Waals surface area contributed by atoms with Gasteiger partial charge in [0.1, 0.15) is 6.10 Å². The first kappa shape index (κ1) is 13.5. The Hall–Kier alpha value is -0.610. The Balaban J connectivity index is 2.24. The number of hydrogen-bond donors (Lipinski definition) is 1. The number of hydrogen-bond acceptors (Lipinski definition) is 4. The van der Waals surface area contributed by atoms with E-state index in [2.05, 4.69) is 13.8 Å². The molecule has 1 fully saturated rings. The largest absolute Gasteiger partial charge is 0.460 e. The van der Waals surface area contributed by atoms with Gasteiger partial charge in [0, 0.05) is 12.8 Å². The summed E-state index contributed by atoms with van der Waals surface area (Å²) in [4.78, 5) is 11.6. The Morgan fingerprint density at radius 2 is 2.31 bits per heavy atom. The molecule has 1 aliphatic rings. The minimum absolute atomic E-state index is 0.0371. The fraction of sp³-hybridized carbons (Fsp3) is 0.917. The van der Waals surface area contributed by atoms with Gasteiger partial charge in [0.25, 0.3) is 0 Å². The summed E-state index contributed by atoms with van der Waals surface area (Å²) in [6.45, 7) is 6.07. The lowest BCUT2D eigenvalue weighted by atomic mass is 9.94. The number of carbonyl (C=O) groups excluding carboxylic acids is 1. The zero-order chi connectivity index (χ0) is 12.0. The van der Waals surface area contributed by atoms with Crippen LogP contribution in [-0.2, 0) is 14.3 Å². The van der Waals surface area contributed by atoms with Crippen molar-refractivity contribution in [2.24, 2.45) is 17.6 Å². The van der Waals surface area contributed by atoms with E-state index in [1.165, 1.54) is 0 Å². The van der Waals surface area contributed by atoms with E-state index in [0.717, 1.165) is 12.8 Å². The van der Waals surface area contributed by atoms with E-state index < -0.39 is 0 Å². The van der Waals surface area contributed by atoms with Crippen molar-refractivity contribution in [2.75, 3.05) is 19.8 Å². The van der Waals surface area contributed by atoms with Gasteiger partial charge in [0.15, 0.2) is 0 Å². The Morgan fingerprint density at radius 3 is 2.81 bits per heavy atom. The zero-order valence-corrected chi connectivity index (χ0v) is 10.3. The molecule has 4 nitrogen and oxygen atoms in total. The van der Waals surface area contributed by atoms with Gasteiger partial charge >= 0.3 is 5.97 Å². The van der Waals surface area contributed by atoms with Gasteiger partial charge < -0.3 is 15.2 Å². The molecule has 2 atom stereocenters. The summed E-state index contributed by atoms with van der Waals surface area (Å²) in [6.07, 6.45) is 2.20. The van der Waals surface area contributed by atoms with E-state index in [1.807, 2.05) is 0 Å². The molecule has 1 saturated heterocycles. The average molecular weight is 229 g/mol. The second kappa shape index (κ2) is 6.86. The smallest absolute Gasteiger partial charge is 0.306 e. The molecule has 0 aromatic rings. The zero-order valence-electron chi connectivity index (χ0n) is 10.3. The van der Waals surface area contributed by atoms with Crippen molar-refractivity contribution in [2.45, 2.75) is 39.2 Å². The summed E-state index contributed by atoms with van der Waals surface area (Å²) in [7, 11) is 0. The standard InChI is InChI=1S/C12H23NO3/c1-9(2)5-10(7-13)6-12(14)16-11-3-4-15-8-11/h9-11H,3-8,13H2,1-2H3/t10-,11+/m0/s1. The van der Waals surface area contributed by atoms with Gasteiger partial charge in [0.2, 0.25) is 0 Å². The highest BCUT2D eigenvalue weighted by Gasteiger charge is 2.22. The predicted molar refractivity (Wildman–Crippen MR) is 61.9 cm³/mol. The maximum absolute atomic E-state index is 11.6. The lowest BCUT2D eigenvalue weighted by Crippen LogP contribution is -2.24. The van der Waals surface area contributed by atoms with Gasteiger partial charge in [0.05, 0.1) is 13.2 Å². The fourth-order valence-electron chi connectivity index (χ4n) is 2.01. The molecule has 0 saturated carbocycles. The van der Waals surface area contributed by atoms with E-state index in [-0.39, 0.29) is 18.0 Å². The Morgan fingerprint density at radius 1 is 1.56 bits per heavy atom. The molecular formula is C12H23NO3. The molecule has 0 unspecified atom stereocenters. The van der Waals surface area contributed by atoms with E-state index in [0.29, 0.717) is 32.1 Å². The summed E-state index contributed by atoms with van der Waals surface area (Å²) in [5.74, 6) is 0.678. The minimum atomic E-state index is -0.133. The molecule has 0 aliphatic carbocycles. The van der Waals surface area contributed by atoms with Gasteiger partial charge in [-0.05, 0) is 24.8 Å². The average Bonchev–Trinajstić information content (AvgIpc) is 2.68. The molecule has 0 bridgehead atoms. The summed E-state index contributed by atoms with van der Waals surface area (Å²) >= 11 is 0. The van der Waals surface area contributed by atoms with Crippen molar-refractivity contribution in [1.29, 1.82) is 0 Å². The van der Waals surface area contributed by atoms with E-state index >= 15 is 0 Å². The molecule has 94 valence electrons. The van der Waals surface area contributed by atoms with Crippen LogP contribution in [0.15, 0.2) is 0 Å². The van der Waals surface area contributed by atoms with Crippen LogP contribution in [-0.4, -0.2) is 31.8 Å². The molecule has 4 heteroatoms. The van der Waals surface area contributed by atoms with Crippen LogP contribution < -0.4 is 5.73 Å². The topological polar surface area (TPSA) is 61.6 Å². The third-order valence-corrected chi connectivity index (χ3v) is 2.78. The quantitative estimate of drug-likeness (QED) is 0.698. The van der Waals surface area contributed by atoms with Crippen LogP contribution in [0.3, 0.4) is 0 Å². The van der Waals surface area contributed by atoms with Crippen molar-refractivity contribution in [3.05, 3.63) is 0 Å². The summed E-state index contributed by atoms with van der Waals surface area (Å²) < 4.78 is 10.5. The number of ether oxygens (including phenoxy) is 2. The molecule has 0 spiro atoms. The molecule has 16 heavy (non-hydrogen) atoms. The summed E-state index contributed by atoms with van der Waals surface area (Å²) in [6, 6.07) is 0. The Labute approximate surface area is 97.5 Å². The first-order chi connectivity index (χ1) is 7.61. The number of rotatable bonds is 6. The van der Waals surface area contributed by atoms with Gasteiger partial charge in [-0.25, -0.2) is 0 Å². The molecular weight excluding hydrogens is 206 g/mol.